The van der Waals surface area contributed by atoms with Crippen molar-refractivity contribution in [2.45, 2.75) is 19.9 Å². The Morgan fingerprint density at radius 3 is 2.58 bits per heavy atom. The Morgan fingerprint density at radius 1 is 1.19 bits per heavy atom. The zero-order valence-corrected chi connectivity index (χ0v) is 16.0. The summed E-state index contributed by atoms with van der Waals surface area (Å²) in [6.45, 7) is 3.49. The van der Waals surface area contributed by atoms with Crippen LogP contribution in [0.2, 0.25) is 0 Å². The summed E-state index contributed by atoms with van der Waals surface area (Å²) in [6.07, 6.45) is 2.38. The number of aryl methyl sites for hydroxylation is 1. The molecular weight excluding hydrogens is 375 g/mol. The maximum absolute atomic E-state index is 12.9. The zero-order valence-electron chi connectivity index (χ0n) is 14.4. The van der Waals surface area contributed by atoms with E-state index in [0.717, 1.165) is 17.7 Å². The minimum absolute atomic E-state index is 0. The molecular formula is C17H22Cl2N6O. The van der Waals surface area contributed by atoms with Gasteiger partial charge in [0.15, 0.2) is 0 Å². The first-order chi connectivity index (χ1) is 11.7. The van der Waals surface area contributed by atoms with E-state index in [-0.39, 0.29) is 36.5 Å². The number of aromatic nitrogens is 4. The van der Waals surface area contributed by atoms with Crippen molar-refractivity contribution >= 4 is 36.5 Å². The molecule has 1 amide bonds. The Balaban J connectivity index is 0.00000169. The lowest BCUT2D eigenvalue weighted by Gasteiger charge is -2.21. The fourth-order valence-corrected chi connectivity index (χ4v) is 2.48. The van der Waals surface area contributed by atoms with Crippen LogP contribution >= 0.6 is 24.8 Å². The van der Waals surface area contributed by atoms with Crippen LogP contribution in [-0.2, 0) is 6.54 Å². The van der Waals surface area contributed by atoms with Crippen molar-refractivity contribution in [3.63, 3.8) is 0 Å². The molecule has 0 unspecified atom stereocenters. The molecule has 3 rings (SSSR count). The van der Waals surface area contributed by atoms with Gasteiger partial charge in [0, 0.05) is 25.0 Å². The second kappa shape index (κ2) is 10.1. The van der Waals surface area contributed by atoms with Gasteiger partial charge in [-0.3, -0.25) is 4.79 Å². The molecule has 7 nitrogen and oxygen atoms in total. The van der Waals surface area contributed by atoms with Crippen molar-refractivity contribution in [2.75, 3.05) is 13.1 Å². The summed E-state index contributed by atoms with van der Waals surface area (Å²) in [7, 11) is 0. The van der Waals surface area contributed by atoms with Gasteiger partial charge in [0.2, 0.25) is 5.82 Å². The Morgan fingerprint density at radius 2 is 1.92 bits per heavy atom. The summed E-state index contributed by atoms with van der Waals surface area (Å²) in [5, 5.41) is 4.30. The molecule has 0 aliphatic rings. The monoisotopic (exact) mass is 396 g/mol. The lowest BCUT2D eigenvalue weighted by atomic mass is 10.2. The van der Waals surface area contributed by atoms with E-state index in [4.69, 9.17) is 5.73 Å². The number of nitrogens with zero attached hydrogens (tertiary/aromatic N) is 5. The largest absolute Gasteiger partial charge is 0.331 e. The molecule has 9 heteroatoms. The summed E-state index contributed by atoms with van der Waals surface area (Å²) in [6, 6.07) is 11.7. The molecule has 0 radical (unpaired) electrons. The topological polar surface area (TPSA) is 89.4 Å². The minimum atomic E-state index is -0.211. The number of carbonyl (C=O) groups excluding carboxylic acids is 1. The lowest BCUT2D eigenvalue weighted by molar-refractivity contribution is 0.0730. The van der Waals surface area contributed by atoms with Gasteiger partial charge in [0.1, 0.15) is 0 Å². The van der Waals surface area contributed by atoms with Crippen LogP contribution in [0.25, 0.3) is 5.78 Å². The van der Waals surface area contributed by atoms with E-state index in [0.29, 0.717) is 25.4 Å². The van der Waals surface area contributed by atoms with Crippen LogP contribution in [0.4, 0.5) is 0 Å². The predicted octanol–water partition coefficient (Wildman–Crippen LogP) is 2.27. The average Bonchev–Trinajstić information content (AvgIpc) is 3.04. The molecule has 0 saturated heterocycles. The molecule has 0 spiro atoms. The maximum Gasteiger partial charge on any atom is 0.293 e. The average molecular weight is 397 g/mol. The highest BCUT2D eigenvalue weighted by Gasteiger charge is 2.21. The standard InChI is InChI=1S/C17H20N6O.2ClH/c1-13-8-10-19-17-20-15(21-23(13)17)16(24)22(11-5-9-18)12-14-6-3-2-4-7-14;;/h2-4,6-8,10H,5,9,11-12,18H2,1H3;2*1H. The molecule has 140 valence electrons. The van der Waals surface area contributed by atoms with Gasteiger partial charge in [-0.25, -0.2) is 9.50 Å². The number of hydrogen-bond donors (Lipinski definition) is 1. The second-order valence-corrected chi connectivity index (χ2v) is 5.59. The van der Waals surface area contributed by atoms with Crippen molar-refractivity contribution in [3.8, 4) is 0 Å². The molecule has 0 saturated carbocycles. The summed E-state index contributed by atoms with van der Waals surface area (Å²) >= 11 is 0. The molecule has 0 bridgehead atoms. The van der Waals surface area contributed by atoms with Gasteiger partial charge in [-0.1, -0.05) is 30.3 Å². The van der Waals surface area contributed by atoms with Crippen LogP contribution in [0.5, 0.6) is 0 Å². The number of rotatable bonds is 6. The SMILES string of the molecule is Cc1ccnc2nc(C(=O)N(CCCN)Cc3ccccc3)nn12.Cl.Cl. The van der Waals surface area contributed by atoms with Crippen molar-refractivity contribution in [2.24, 2.45) is 5.73 Å². The van der Waals surface area contributed by atoms with Crippen LogP contribution in [-0.4, -0.2) is 43.5 Å². The highest BCUT2D eigenvalue weighted by atomic mass is 35.5. The van der Waals surface area contributed by atoms with Crippen LogP contribution in [0, 0.1) is 6.92 Å². The first-order valence-corrected chi connectivity index (χ1v) is 7.90. The molecule has 2 aromatic heterocycles. The Bertz CT molecular complexity index is 840. The zero-order chi connectivity index (χ0) is 16.9. The van der Waals surface area contributed by atoms with Crippen molar-refractivity contribution in [3.05, 3.63) is 59.7 Å². The minimum Gasteiger partial charge on any atom is -0.331 e. The number of nitrogens with two attached hydrogens (primary N) is 1. The summed E-state index contributed by atoms with van der Waals surface area (Å²) in [4.78, 5) is 23.0. The molecule has 2 N–H and O–H groups in total. The van der Waals surface area contributed by atoms with Crippen LogP contribution in [0.15, 0.2) is 42.6 Å². The molecule has 3 aromatic rings. The van der Waals surface area contributed by atoms with E-state index < -0.39 is 0 Å². The summed E-state index contributed by atoms with van der Waals surface area (Å²) in [5.74, 6) is 0.374. The third-order valence-corrected chi connectivity index (χ3v) is 3.76. The van der Waals surface area contributed by atoms with Crippen molar-refractivity contribution in [1.82, 2.24) is 24.5 Å². The molecule has 0 aliphatic carbocycles. The van der Waals surface area contributed by atoms with Gasteiger partial charge in [0.05, 0.1) is 0 Å². The Labute approximate surface area is 164 Å². The van der Waals surface area contributed by atoms with E-state index in [1.165, 1.54) is 0 Å². The molecule has 0 atom stereocenters. The quantitative estimate of drug-likeness (QED) is 0.689. The number of fused-ring (bicyclic) bond motifs is 1. The molecule has 0 fully saturated rings. The molecule has 2 heterocycles. The number of benzene rings is 1. The van der Waals surface area contributed by atoms with Gasteiger partial charge in [-0.05, 0) is 31.5 Å². The Kier molecular flexibility index (Phi) is 8.44. The molecule has 1 aromatic carbocycles. The van der Waals surface area contributed by atoms with Gasteiger partial charge >= 0.3 is 0 Å². The normalized spacial score (nSPS) is 10.1. The fraction of sp³-hybridized carbons (Fsp3) is 0.294. The van der Waals surface area contributed by atoms with Crippen molar-refractivity contribution < 1.29 is 4.79 Å². The summed E-state index contributed by atoms with van der Waals surface area (Å²) in [5.41, 5.74) is 7.54. The van der Waals surface area contributed by atoms with E-state index in [9.17, 15) is 4.79 Å². The maximum atomic E-state index is 12.9. The van der Waals surface area contributed by atoms with Gasteiger partial charge in [0.25, 0.3) is 11.7 Å². The first kappa shape index (κ1) is 21.8. The van der Waals surface area contributed by atoms with Gasteiger partial charge < -0.3 is 10.6 Å². The summed E-state index contributed by atoms with van der Waals surface area (Å²) < 4.78 is 1.58. The van der Waals surface area contributed by atoms with Gasteiger partial charge in [-0.15, -0.1) is 29.9 Å². The van der Waals surface area contributed by atoms with E-state index in [1.54, 1.807) is 15.6 Å². The fourth-order valence-electron chi connectivity index (χ4n) is 2.48. The first-order valence-electron chi connectivity index (χ1n) is 7.90. The van der Waals surface area contributed by atoms with Crippen LogP contribution < -0.4 is 5.73 Å². The lowest BCUT2D eigenvalue weighted by Crippen LogP contribution is -2.33. The second-order valence-electron chi connectivity index (χ2n) is 5.59. The smallest absolute Gasteiger partial charge is 0.293 e. The van der Waals surface area contributed by atoms with E-state index in [1.807, 2.05) is 43.3 Å². The molecule has 26 heavy (non-hydrogen) atoms. The third-order valence-electron chi connectivity index (χ3n) is 3.76. The highest BCUT2D eigenvalue weighted by Crippen LogP contribution is 2.10. The number of hydrogen-bond acceptors (Lipinski definition) is 5. The van der Waals surface area contributed by atoms with Crippen LogP contribution in [0.3, 0.4) is 0 Å². The predicted molar refractivity (Wildman–Crippen MR) is 105 cm³/mol. The van der Waals surface area contributed by atoms with E-state index >= 15 is 0 Å². The number of carbonyl (C=O) groups is 1. The molecule has 0 aliphatic heterocycles. The number of amides is 1. The Hall–Kier alpha value is -2.22. The van der Waals surface area contributed by atoms with Crippen molar-refractivity contribution in [1.29, 1.82) is 0 Å². The van der Waals surface area contributed by atoms with E-state index in [2.05, 4.69) is 15.1 Å². The van der Waals surface area contributed by atoms with Gasteiger partial charge in [-0.2, -0.15) is 4.98 Å². The third kappa shape index (κ3) is 4.91. The highest BCUT2D eigenvalue weighted by molar-refractivity contribution is 5.90. The van der Waals surface area contributed by atoms with Crippen LogP contribution in [0.1, 0.15) is 28.3 Å². The number of halogens is 2.